The molecule has 0 saturated carbocycles. The van der Waals surface area contributed by atoms with Gasteiger partial charge in [-0.1, -0.05) is 62.7 Å². The second-order valence-corrected chi connectivity index (χ2v) is 8.31. The number of imide groups is 1. The number of rotatable bonds is 10. The molecule has 174 valence electrons. The minimum Gasteiger partial charge on any atom is -0.480 e. The Kier molecular flexibility index (Phi) is 7.58. The van der Waals surface area contributed by atoms with Crippen LogP contribution >= 0.6 is 0 Å². The van der Waals surface area contributed by atoms with Crippen molar-refractivity contribution in [3.05, 3.63) is 71.0 Å². The Bertz CT molecular complexity index is 1060. The van der Waals surface area contributed by atoms with E-state index >= 15 is 0 Å². The molecule has 3 rings (SSSR count). The lowest BCUT2D eigenvalue weighted by Crippen LogP contribution is -2.49. The van der Waals surface area contributed by atoms with Crippen LogP contribution in [0.5, 0.6) is 0 Å². The van der Waals surface area contributed by atoms with Crippen LogP contribution in [-0.4, -0.2) is 45.8 Å². The summed E-state index contributed by atoms with van der Waals surface area (Å²) in [5, 5.41) is 12.0. The average Bonchev–Trinajstić information content (AvgIpc) is 3.06. The van der Waals surface area contributed by atoms with E-state index in [0.717, 1.165) is 10.5 Å². The van der Waals surface area contributed by atoms with E-state index in [1.54, 1.807) is 19.9 Å². The van der Waals surface area contributed by atoms with Crippen molar-refractivity contribution in [1.82, 2.24) is 10.2 Å². The molecule has 2 N–H and O–H groups in total. The van der Waals surface area contributed by atoms with Gasteiger partial charge in [0.15, 0.2) is 5.78 Å². The van der Waals surface area contributed by atoms with Gasteiger partial charge in [0.1, 0.15) is 17.9 Å². The normalized spacial score (nSPS) is 17.5. The van der Waals surface area contributed by atoms with Crippen LogP contribution in [-0.2, 0) is 22.4 Å². The smallest absolute Gasteiger partial charge is 0.327 e. The number of carboxylic acids is 1. The molecule has 0 bridgehead atoms. The van der Waals surface area contributed by atoms with Crippen LogP contribution in [0.25, 0.3) is 0 Å². The van der Waals surface area contributed by atoms with Gasteiger partial charge < -0.3 is 10.4 Å². The van der Waals surface area contributed by atoms with Gasteiger partial charge >= 0.3 is 12.0 Å². The fourth-order valence-corrected chi connectivity index (χ4v) is 3.95. The number of carbonyl (C=O) groups is 4. The van der Waals surface area contributed by atoms with E-state index in [-0.39, 0.29) is 30.6 Å². The first kappa shape index (κ1) is 24.1. The number of nitrogens with one attached hydrogen (secondary N) is 1. The second kappa shape index (κ2) is 10.4. The lowest BCUT2D eigenvalue weighted by Gasteiger charge is -2.26. The number of amides is 3. The molecule has 0 radical (unpaired) electrons. The molecule has 2 aromatic rings. The first-order chi connectivity index (χ1) is 15.7. The Morgan fingerprint density at radius 2 is 1.85 bits per heavy atom. The van der Waals surface area contributed by atoms with E-state index in [1.807, 2.05) is 30.3 Å². The van der Waals surface area contributed by atoms with E-state index < -0.39 is 41.7 Å². The van der Waals surface area contributed by atoms with Crippen molar-refractivity contribution in [3.8, 4) is 0 Å². The molecule has 3 atom stereocenters. The Morgan fingerprint density at radius 1 is 1.15 bits per heavy atom. The number of carboxylic acid groups (broad SMARTS) is 1. The molecule has 3 amide bonds. The zero-order valence-corrected chi connectivity index (χ0v) is 18.6. The minimum atomic E-state index is -1.25. The summed E-state index contributed by atoms with van der Waals surface area (Å²) >= 11 is 0. The van der Waals surface area contributed by atoms with Gasteiger partial charge in [0.25, 0.3) is 5.91 Å². The van der Waals surface area contributed by atoms with Crippen LogP contribution in [0, 0.1) is 11.7 Å². The first-order valence-corrected chi connectivity index (χ1v) is 10.9. The second-order valence-electron chi connectivity index (χ2n) is 8.31. The number of carbonyl (C=O) groups excluding carboxylic acids is 3. The third kappa shape index (κ3) is 5.45. The summed E-state index contributed by atoms with van der Waals surface area (Å²) in [7, 11) is 0. The maximum absolute atomic E-state index is 14.6. The van der Waals surface area contributed by atoms with Gasteiger partial charge in [-0.2, -0.15) is 0 Å². The predicted octanol–water partition coefficient (Wildman–Crippen LogP) is 3.60. The molecule has 2 aromatic carbocycles. The van der Waals surface area contributed by atoms with Gasteiger partial charge in [0.05, 0.1) is 0 Å². The zero-order chi connectivity index (χ0) is 24.1. The molecule has 33 heavy (non-hydrogen) atoms. The molecule has 0 aromatic heterocycles. The van der Waals surface area contributed by atoms with Crippen molar-refractivity contribution in [2.45, 2.75) is 51.6 Å². The number of aryl methyl sites for hydroxylation is 1. The van der Waals surface area contributed by atoms with Crippen LogP contribution in [0.3, 0.4) is 0 Å². The summed E-state index contributed by atoms with van der Waals surface area (Å²) in [6.45, 7) is 3.45. The van der Waals surface area contributed by atoms with Gasteiger partial charge in [-0.05, 0) is 36.0 Å². The minimum absolute atomic E-state index is 0.113. The maximum atomic E-state index is 14.6. The van der Waals surface area contributed by atoms with Gasteiger partial charge in [-0.25, -0.2) is 18.9 Å². The molecular weight excluding hydrogens is 427 g/mol. The Labute approximate surface area is 191 Å². The molecule has 1 aliphatic heterocycles. The van der Waals surface area contributed by atoms with Crippen LogP contribution in [0.15, 0.2) is 48.5 Å². The molecule has 1 aliphatic rings. The molecule has 0 aliphatic carbocycles. The number of aliphatic carboxylic acids is 1. The van der Waals surface area contributed by atoms with Crippen LogP contribution in [0.2, 0.25) is 0 Å². The third-order valence-electron chi connectivity index (χ3n) is 6.05. The lowest BCUT2D eigenvalue weighted by molar-refractivity contribution is -0.148. The highest BCUT2D eigenvalue weighted by Crippen LogP contribution is 2.23. The predicted molar refractivity (Wildman–Crippen MR) is 119 cm³/mol. The van der Waals surface area contributed by atoms with Crippen molar-refractivity contribution in [2.75, 3.05) is 0 Å². The fraction of sp³-hybridized carbons (Fsp3) is 0.360. The summed E-state index contributed by atoms with van der Waals surface area (Å²) in [6, 6.07) is 10.5. The van der Waals surface area contributed by atoms with E-state index in [4.69, 9.17) is 0 Å². The first-order valence-electron chi connectivity index (χ1n) is 10.9. The van der Waals surface area contributed by atoms with Crippen molar-refractivity contribution in [1.29, 1.82) is 0 Å². The van der Waals surface area contributed by atoms with Crippen molar-refractivity contribution in [2.24, 2.45) is 5.92 Å². The van der Waals surface area contributed by atoms with E-state index in [2.05, 4.69) is 5.32 Å². The maximum Gasteiger partial charge on any atom is 0.327 e. The summed E-state index contributed by atoms with van der Waals surface area (Å²) < 4.78 is 14.6. The largest absolute Gasteiger partial charge is 0.480 e. The number of Topliss-reactive ketones (excluding diaryl/α,β-unsaturated/α-hetero) is 1. The van der Waals surface area contributed by atoms with Gasteiger partial charge in [0, 0.05) is 12.0 Å². The summed E-state index contributed by atoms with van der Waals surface area (Å²) in [5.41, 5.74) is 1.40. The Hall–Kier alpha value is -3.55. The number of halogens is 1. The fourth-order valence-electron chi connectivity index (χ4n) is 3.95. The molecule has 1 saturated heterocycles. The van der Waals surface area contributed by atoms with Gasteiger partial charge in [-0.3, -0.25) is 9.59 Å². The average molecular weight is 454 g/mol. The monoisotopic (exact) mass is 454 g/mol. The lowest BCUT2D eigenvalue weighted by atomic mass is 9.97. The number of benzene rings is 2. The zero-order valence-electron chi connectivity index (χ0n) is 18.6. The molecule has 1 fully saturated rings. The van der Waals surface area contributed by atoms with E-state index in [0.29, 0.717) is 12.0 Å². The molecule has 3 unspecified atom stereocenters. The molecule has 1 heterocycles. The Morgan fingerprint density at radius 3 is 2.45 bits per heavy atom. The van der Waals surface area contributed by atoms with Crippen molar-refractivity contribution < 1.29 is 28.7 Å². The molecular formula is C25H27FN2O5. The highest BCUT2D eigenvalue weighted by molar-refractivity contribution is 6.06. The number of hydrogen-bond donors (Lipinski definition) is 2. The van der Waals surface area contributed by atoms with Gasteiger partial charge in [0.2, 0.25) is 0 Å². The SMILES string of the molecule is CCC(C)C(C(=O)O)N1C(=O)NC(CCc2ccc(C(=O)Cc3ccccc3)cc2F)C1=O. The number of ketones is 1. The van der Waals surface area contributed by atoms with Crippen LogP contribution in [0.4, 0.5) is 9.18 Å². The topological polar surface area (TPSA) is 104 Å². The summed E-state index contributed by atoms with van der Waals surface area (Å²) in [4.78, 5) is 49.9. The van der Waals surface area contributed by atoms with E-state index in [1.165, 1.54) is 12.1 Å². The Balaban J connectivity index is 1.65. The third-order valence-corrected chi connectivity index (χ3v) is 6.05. The van der Waals surface area contributed by atoms with Crippen LogP contribution in [0.1, 0.15) is 48.2 Å². The molecule has 0 spiro atoms. The van der Waals surface area contributed by atoms with Gasteiger partial charge in [-0.15, -0.1) is 0 Å². The summed E-state index contributed by atoms with van der Waals surface area (Å²) in [5.74, 6) is -3.04. The quantitative estimate of drug-likeness (QED) is 0.422. The molecule has 7 nitrogen and oxygen atoms in total. The van der Waals surface area contributed by atoms with Crippen molar-refractivity contribution in [3.63, 3.8) is 0 Å². The number of hydrogen-bond acceptors (Lipinski definition) is 4. The van der Waals surface area contributed by atoms with Crippen LogP contribution < -0.4 is 5.32 Å². The molecule has 8 heteroatoms. The standard InChI is InChI=1S/C25H27FN2O5/c1-3-15(2)22(24(31)32)28-23(30)20(27-25(28)33)12-11-17-9-10-18(14-19(17)26)21(29)13-16-7-5-4-6-8-16/h4-10,14-15,20,22H,3,11-13H2,1-2H3,(H,27,33)(H,31,32). The van der Waals surface area contributed by atoms with Crippen molar-refractivity contribution >= 4 is 23.7 Å². The number of urea groups is 1. The number of nitrogens with zero attached hydrogens (tertiary/aromatic N) is 1. The van der Waals surface area contributed by atoms with E-state index in [9.17, 15) is 28.7 Å². The highest BCUT2D eigenvalue weighted by atomic mass is 19.1. The highest BCUT2D eigenvalue weighted by Gasteiger charge is 2.46. The summed E-state index contributed by atoms with van der Waals surface area (Å²) in [6.07, 6.45) is 0.908.